The highest BCUT2D eigenvalue weighted by molar-refractivity contribution is 8.14. The van der Waals surface area contributed by atoms with Gasteiger partial charge in [0.25, 0.3) is 0 Å². The number of nitrogens with zero attached hydrogens (tertiary/aromatic N) is 2. The van der Waals surface area contributed by atoms with Crippen LogP contribution in [0.15, 0.2) is 18.3 Å². The molecule has 1 fully saturated rings. The Labute approximate surface area is 104 Å². The molecular weight excluding hydrogens is 253 g/mol. The van der Waals surface area contributed by atoms with Crippen LogP contribution in [0, 0.1) is 5.41 Å². The fraction of sp³-hybridized carbons (Fsp3) is 0.333. The summed E-state index contributed by atoms with van der Waals surface area (Å²) in [7, 11) is 0. The molecule has 1 saturated heterocycles. The highest BCUT2D eigenvalue weighted by atomic mass is 35.5. The van der Waals surface area contributed by atoms with Crippen LogP contribution in [-0.2, 0) is 6.54 Å². The van der Waals surface area contributed by atoms with Gasteiger partial charge < -0.3 is 4.90 Å². The maximum atomic E-state index is 7.64. The second-order valence-corrected chi connectivity index (χ2v) is 4.54. The predicted molar refractivity (Wildman–Crippen MR) is 67.1 cm³/mol. The fourth-order valence-electron chi connectivity index (χ4n) is 1.32. The Morgan fingerprint density at radius 1 is 1.53 bits per heavy atom. The van der Waals surface area contributed by atoms with E-state index in [1.165, 1.54) is 0 Å². The minimum Gasteiger partial charge on any atom is -0.346 e. The van der Waals surface area contributed by atoms with Crippen molar-refractivity contribution < 1.29 is 0 Å². The van der Waals surface area contributed by atoms with Crippen molar-refractivity contribution in [1.82, 2.24) is 9.88 Å². The summed E-state index contributed by atoms with van der Waals surface area (Å²) < 4.78 is 0. The molecule has 1 N–H and O–H groups in total. The van der Waals surface area contributed by atoms with Gasteiger partial charge in [-0.2, -0.15) is 0 Å². The number of amidine groups is 1. The molecular formula is C9H11Cl2N3S. The molecule has 0 amide bonds. The van der Waals surface area contributed by atoms with Crippen LogP contribution in [0.4, 0.5) is 0 Å². The van der Waals surface area contributed by atoms with Crippen LogP contribution in [-0.4, -0.2) is 27.3 Å². The quantitative estimate of drug-likeness (QED) is 0.835. The van der Waals surface area contributed by atoms with Crippen molar-refractivity contribution in [1.29, 1.82) is 5.41 Å². The van der Waals surface area contributed by atoms with Crippen LogP contribution in [0.5, 0.6) is 0 Å². The first-order chi connectivity index (χ1) is 6.75. The van der Waals surface area contributed by atoms with Crippen molar-refractivity contribution in [2.45, 2.75) is 6.54 Å². The first-order valence-electron chi connectivity index (χ1n) is 4.32. The standard InChI is InChI=1S/C9H10ClN3S.ClH/c10-8-2-1-7(5-12-8)6-13-3-4-14-9(13)11;/h1-2,5,11H,3-4,6H2;1H. The number of nitrogens with one attached hydrogen (secondary N) is 1. The maximum absolute atomic E-state index is 7.64. The van der Waals surface area contributed by atoms with E-state index in [0.717, 1.165) is 24.4 Å². The monoisotopic (exact) mass is 263 g/mol. The van der Waals surface area contributed by atoms with Crippen LogP contribution >= 0.6 is 35.8 Å². The van der Waals surface area contributed by atoms with Gasteiger partial charge >= 0.3 is 0 Å². The summed E-state index contributed by atoms with van der Waals surface area (Å²) in [5.74, 6) is 1.01. The van der Waals surface area contributed by atoms with E-state index in [4.69, 9.17) is 17.0 Å². The third-order valence-corrected chi connectivity index (χ3v) is 3.19. The molecule has 82 valence electrons. The molecule has 0 saturated carbocycles. The number of aromatic nitrogens is 1. The van der Waals surface area contributed by atoms with Gasteiger partial charge in [0.2, 0.25) is 0 Å². The minimum atomic E-state index is 0. The highest BCUT2D eigenvalue weighted by Crippen LogP contribution is 2.18. The molecule has 0 radical (unpaired) electrons. The van der Waals surface area contributed by atoms with E-state index < -0.39 is 0 Å². The average Bonchev–Trinajstić information content (AvgIpc) is 2.56. The molecule has 2 heterocycles. The van der Waals surface area contributed by atoms with Crippen LogP contribution in [0.2, 0.25) is 5.15 Å². The van der Waals surface area contributed by atoms with Crippen LogP contribution in [0.25, 0.3) is 0 Å². The van der Waals surface area contributed by atoms with Crippen molar-refractivity contribution in [3.8, 4) is 0 Å². The van der Waals surface area contributed by atoms with Gasteiger partial charge in [-0.3, -0.25) is 5.41 Å². The summed E-state index contributed by atoms with van der Waals surface area (Å²) in [6.45, 7) is 1.71. The fourth-order valence-corrected chi connectivity index (χ4v) is 2.27. The van der Waals surface area contributed by atoms with E-state index in [9.17, 15) is 0 Å². The third kappa shape index (κ3) is 3.26. The molecule has 1 aliphatic rings. The number of rotatable bonds is 2. The van der Waals surface area contributed by atoms with E-state index in [-0.39, 0.29) is 12.4 Å². The van der Waals surface area contributed by atoms with Crippen molar-refractivity contribution in [2.24, 2.45) is 0 Å². The molecule has 15 heavy (non-hydrogen) atoms. The van der Waals surface area contributed by atoms with E-state index in [0.29, 0.717) is 10.3 Å². The summed E-state index contributed by atoms with van der Waals surface area (Å²) in [4.78, 5) is 6.04. The van der Waals surface area contributed by atoms with E-state index in [1.807, 2.05) is 11.0 Å². The molecule has 0 aliphatic carbocycles. The Balaban J connectivity index is 0.00000112. The number of halogens is 2. The number of hydrogen-bond donors (Lipinski definition) is 1. The van der Waals surface area contributed by atoms with Gasteiger partial charge in [0.05, 0.1) is 0 Å². The lowest BCUT2D eigenvalue weighted by Crippen LogP contribution is -2.22. The number of pyridine rings is 1. The largest absolute Gasteiger partial charge is 0.346 e. The molecule has 3 nitrogen and oxygen atoms in total. The molecule has 2 rings (SSSR count). The number of thioether (sulfide) groups is 1. The summed E-state index contributed by atoms with van der Waals surface area (Å²) in [5.41, 5.74) is 1.10. The van der Waals surface area contributed by atoms with Gasteiger partial charge in [-0.15, -0.1) is 12.4 Å². The lowest BCUT2D eigenvalue weighted by molar-refractivity contribution is 0.454. The third-order valence-electron chi connectivity index (χ3n) is 2.05. The molecule has 6 heteroatoms. The Hall–Kier alpha value is -0.450. The second kappa shape index (κ2) is 5.58. The van der Waals surface area contributed by atoms with Gasteiger partial charge in [-0.05, 0) is 11.6 Å². The van der Waals surface area contributed by atoms with Gasteiger partial charge in [0, 0.05) is 25.0 Å². The highest BCUT2D eigenvalue weighted by Gasteiger charge is 2.17. The molecule has 1 aromatic rings. The van der Waals surface area contributed by atoms with E-state index in [2.05, 4.69) is 4.98 Å². The van der Waals surface area contributed by atoms with E-state index >= 15 is 0 Å². The topological polar surface area (TPSA) is 40.0 Å². The van der Waals surface area contributed by atoms with Crippen molar-refractivity contribution in [3.05, 3.63) is 29.0 Å². The predicted octanol–water partition coefficient (Wildman–Crippen LogP) is 2.64. The zero-order valence-electron chi connectivity index (χ0n) is 7.94. The molecule has 1 aromatic heterocycles. The van der Waals surface area contributed by atoms with Crippen molar-refractivity contribution in [3.63, 3.8) is 0 Å². The molecule has 0 atom stereocenters. The summed E-state index contributed by atoms with van der Waals surface area (Å²) >= 11 is 7.28. The lowest BCUT2D eigenvalue weighted by atomic mass is 10.3. The zero-order valence-corrected chi connectivity index (χ0v) is 10.3. The van der Waals surface area contributed by atoms with Crippen molar-refractivity contribution >= 4 is 40.9 Å². The number of hydrogen-bond acceptors (Lipinski definition) is 3. The van der Waals surface area contributed by atoms with Gasteiger partial charge in [-0.25, -0.2) is 4.98 Å². The molecule has 0 bridgehead atoms. The smallest absolute Gasteiger partial charge is 0.156 e. The average molecular weight is 264 g/mol. The van der Waals surface area contributed by atoms with Crippen LogP contribution in [0.1, 0.15) is 5.56 Å². The first-order valence-corrected chi connectivity index (χ1v) is 5.69. The van der Waals surface area contributed by atoms with Crippen molar-refractivity contribution in [2.75, 3.05) is 12.3 Å². The molecule has 0 unspecified atom stereocenters. The molecule has 1 aliphatic heterocycles. The zero-order chi connectivity index (χ0) is 9.97. The Bertz CT molecular complexity index is 342. The first kappa shape index (κ1) is 12.6. The molecule has 0 spiro atoms. The van der Waals surface area contributed by atoms with Crippen LogP contribution < -0.4 is 0 Å². The Morgan fingerprint density at radius 2 is 2.33 bits per heavy atom. The second-order valence-electron chi connectivity index (χ2n) is 3.06. The minimum absolute atomic E-state index is 0. The van der Waals surface area contributed by atoms with Gasteiger partial charge in [0.1, 0.15) is 5.15 Å². The van der Waals surface area contributed by atoms with Gasteiger partial charge in [0.15, 0.2) is 5.17 Å². The summed E-state index contributed by atoms with van der Waals surface area (Å²) in [6.07, 6.45) is 1.76. The van der Waals surface area contributed by atoms with E-state index in [1.54, 1.807) is 24.0 Å². The molecule has 0 aromatic carbocycles. The normalized spacial score (nSPS) is 15.3. The van der Waals surface area contributed by atoms with Gasteiger partial charge in [-0.1, -0.05) is 29.4 Å². The Morgan fingerprint density at radius 3 is 2.87 bits per heavy atom. The SMILES string of the molecule is Cl.N=C1SCCN1Cc1ccc(Cl)nc1. The summed E-state index contributed by atoms with van der Waals surface area (Å²) in [5, 5.41) is 8.81. The summed E-state index contributed by atoms with van der Waals surface area (Å²) in [6, 6.07) is 3.73. The lowest BCUT2D eigenvalue weighted by Gasteiger charge is -2.15. The maximum Gasteiger partial charge on any atom is 0.156 e. The van der Waals surface area contributed by atoms with Crippen LogP contribution in [0.3, 0.4) is 0 Å². The Kier molecular flexibility index (Phi) is 4.70.